The molecule has 56 valence electrons. The van der Waals surface area contributed by atoms with Crippen LogP contribution in [0.4, 0.5) is 0 Å². The standard InChI is InChI=1S/C6H11N3O/c1-4(5(2)10)6-7-3-8-9-6/h3-5,10H,1-2H3,(H,7,8,9). The average molecular weight is 141 g/mol. The minimum Gasteiger partial charge on any atom is -0.393 e. The molecule has 2 atom stereocenters. The summed E-state index contributed by atoms with van der Waals surface area (Å²) in [5, 5.41) is 15.5. The molecule has 0 radical (unpaired) electrons. The minimum atomic E-state index is -0.393. The van der Waals surface area contributed by atoms with Gasteiger partial charge in [-0.1, -0.05) is 6.92 Å². The Balaban J connectivity index is 2.68. The summed E-state index contributed by atoms with van der Waals surface area (Å²) in [6.45, 7) is 3.61. The van der Waals surface area contributed by atoms with Gasteiger partial charge in [-0.25, -0.2) is 4.98 Å². The molecule has 0 amide bonds. The Morgan fingerprint density at radius 3 is 2.70 bits per heavy atom. The molecule has 1 heterocycles. The predicted octanol–water partition coefficient (Wildman–Crippen LogP) is 0.289. The Bertz CT molecular complexity index is 183. The molecule has 0 saturated carbocycles. The van der Waals surface area contributed by atoms with Gasteiger partial charge in [-0.15, -0.1) is 0 Å². The van der Waals surface area contributed by atoms with Crippen LogP contribution in [-0.4, -0.2) is 26.4 Å². The second-order valence-electron chi connectivity index (χ2n) is 2.39. The molecule has 0 aliphatic rings. The normalized spacial score (nSPS) is 16.7. The van der Waals surface area contributed by atoms with Crippen LogP contribution in [0.3, 0.4) is 0 Å². The van der Waals surface area contributed by atoms with Gasteiger partial charge in [-0.05, 0) is 6.92 Å². The van der Waals surface area contributed by atoms with Gasteiger partial charge in [-0.3, -0.25) is 5.10 Å². The van der Waals surface area contributed by atoms with Gasteiger partial charge in [-0.2, -0.15) is 5.10 Å². The van der Waals surface area contributed by atoms with Gasteiger partial charge in [0, 0.05) is 5.92 Å². The first-order valence-corrected chi connectivity index (χ1v) is 3.25. The van der Waals surface area contributed by atoms with Gasteiger partial charge < -0.3 is 5.11 Å². The van der Waals surface area contributed by atoms with Crippen LogP contribution in [0.25, 0.3) is 0 Å². The zero-order chi connectivity index (χ0) is 7.56. The Hall–Kier alpha value is -0.900. The first kappa shape index (κ1) is 7.21. The fourth-order valence-electron chi connectivity index (χ4n) is 0.654. The summed E-state index contributed by atoms with van der Waals surface area (Å²) in [4.78, 5) is 3.91. The van der Waals surface area contributed by atoms with Gasteiger partial charge >= 0.3 is 0 Å². The molecule has 10 heavy (non-hydrogen) atoms. The highest BCUT2D eigenvalue weighted by atomic mass is 16.3. The van der Waals surface area contributed by atoms with E-state index in [9.17, 15) is 0 Å². The van der Waals surface area contributed by atoms with Crippen molar-refractivity contribution in [3.8, 4) is 0 Å². The highest BCUT2D eigenvalue weighted by Gasteiger charge is 2.13. The van der Waals surface area contributed by atoms with Gasteiger partial charge in [0.1, 0.15) is 6.33 Å². The van der Waals surface area contributed by atoms with E-state index in [0.29, 0.717) is 5.82 Å². The molecule has 4 heteroatoms. The highest BCUT2D eigenvalue weighted by Crippen LogP contribution is 2.12. The van der Waals surface area contributed by atoms with Gasteiger partial charge in [0.2, 0.25) is 0 Å². The zero-order valence-corrected chi connectivity index (χ0v) is 6.07. The number of aliphatic hydroxyl groups excluding tert-OH is 1. The third kappa shape index (κ3) is 1.33. The molecular weight excluding hydrogens is 130 g/mol. The van der Waals surface area contributed by atoms with Crippen molar-refractivity contribution in [2.75, 3.05) is 0 Å². The number of hydrogen-bond donors (Lipinski definition) is 2. The largest absolute Gasteiger partial charge is 0.393 e. The molecule has 0 saturated heterocycles. The van der Waals surface area contributed by atoms with E-state index in [-0.39, 0.29) is 5.92 Å². The molecule has 0 aliphatic carbocycles. The number of hydrogen-bond acceptors (Lipinski definition) is 3. The number of aromatic amines is 1. The molecule has 0 spiro atoms. The lowest BCUT2D eigenvalue weighted by molar-refractivity contribution is 0.165. The molecular formula is C6H11N3O. The number of nitrogens with zero attached hydrogens (tertiary/aromatic N) is 2. The zero-order valence-electron chi connectivity index (χ0n) is 6.07. The van der Waals surface area contributed by atoms with Crippen molar-refractivity contribution in [1.82, 2.24) is 15.2 Å². The van der Waals surface area contributed by atoms with Crippen LogP contribution in [0.2, 0.25) is 0 Å². The van der Waals surface area contributed by atoms with Crippen molar-refractivity contribution in [3.05, 3.63) is 12.2 Å². The van der Waals surface area contributed by atoms with E-state index in [4.69, 9.17) is 5.11 Å². The number of aliphatic hydroxyl groups is 1. The summed E-state index contributed by atoms with van der Waals surface area (Å²) in [7, 11) is 0. The quantitative estimate of drug-likeness (QED) is 0.622. The monoisotopic (exact) mass is 141 g/mol. The summed E-state index contributed by atoms with van der Waals surface area (Å²) in [6, 6.07) is 0. The second kappa shape index (κ2) is 2.79. The fourth-order valence-corrected chi connectivity index (χ4v) is 0.654. The Labute approximate surface area is 59.3 Å². The molecule has 0 aromatic carbocycles. The topological polar surface area (TPSA) is 61.8 Å². The van der Waals surface area contributed by atoms with E-state index >= 15 is 0 Å². The lowest BCUT2D eigenvalue weighted by atomic mass is 10.1. The molecule has 0 fully saturated rings. The van der Waals surface area contributed by atoms with Crippen LogP contribution in [0.5, 0.6) is 0 Å². The van der Waals surface area contributed by atoms with Crippen molar-refractivity contribution >= 4 is 0 Å². The van der Waals surface area contributed by atoms with Crippen LogP contribution in [0.1, 0.15) is 25.6 Å². The van der Waals surface area contributed by atoms with Crippen molar-refractivity contribution in [3.63, 3.8) is 0 Å². The van der Waals surface area contributed by atoms with E-state index in [1.807, 2.05) is 6.92 Å². The summed E-state index contributed by atoms with van der Waals surface area (Å²) < 4.78 is 0. The SMILES string of the molecule is CC(O)C(C)c1nc[nH]n1. The minimum absolute atomic E-state index is 0.00579. The Morgan fingerprint density at radius 2 is 2.30 bits per heavy atom. The van der Waals surface area contributed by atoms with Crippen LogP contribution >= 0.6 is 0 Å². The van der Waals surface area contributed by atoms with Crippen LogP contribution < -0.4 is 0 Å². The molecule has 1 rings (SSSR count). The van der Waals surface area contributed by atoms with Crippen LogP contribution in [-0.2, 0) is 0 Å². The predicted molar refractivity (Wildman–Crippen MR) is 36.5 cm³/mol. The third-order valence-electron chi connectivity index (χ3n) is 1.56. The Kier molecular flexibility index (Phi) is 2.01. The second-order valence-corrected chi connectivity index (χ2v) is 2.39. The smallest absolute Gasteiger partial charge is 0.155 e. The fraction of sp³-hybridized carbons (Fsp3) is 0.667. The van der Waals surface area contributed by atoms with Crippen molar-refractivity contribution in [2.24, 2.45) is 0 Å². The maximum atomic E-state index is 9.10. The molecule has 0 bridgehead atoms. The van der Waals surface area contributed by atoms with E-state index in [1.165, 1.54) is 6.33 Å². The lowest BCUT2D eigenvalue weighted by Gasteiger charge is -2.08. The van der Waals surface area contributed by atoms with E-state index in [2.05, 4.69) is 15.2 Å². The molecule has 2 N–H and O–H groups in total. The molecule has 1 aromatic rings. The van der Waals surface area contributed by atoms with E-state index in [0.717, 1.165) is 0 Å². The number of rotatable bonds is 2. The van der Waals surface area contributed by atoms with E-state index < -0.39 is 6.10 Å². The average Bonchev–Trinajstić information content (AvgIpc) is 2.36. The van der Waals surface area contributed by atoms with Crippen molar-refractivity contribution in [1.29, 1.82) is 0 Å². The van der Waals surface area contributed by atoms with E-state index in [1.54, 1.807) is 6.92 Å². The summed E-state index contributed by atoms with van der Waals surface area (Å²) in [6.07, 6.45) is 1.12. The van der Waals surface area contributed by atoms with Gasteiger partial charge in [0.25, 0.3) is 0 Å². The first-order chi connectivity index (χ1) is 4.72. The molecule has 4 nitrogen and oxygen atoms in total. The van der Waals surface area contributed by atoms with Gasteiger partial charge in [0.15, 0.2) is 5.82 Å². The third-order valence-corrected chi connectivity index (χ3v) is 1.56. The van der Waals surface area contributed by atoms with Crippen molar-refractivity contribution < 1.29 is 5.11 Å². The molecule has 1 aromatic heterocycles. The van der Waals surface area contributed by atoms with Crippen molar-refractivity contribution in [2.45, 2.75) is 25.9 Å². The number of aromatic nitrogens is 3. The highest BCUT2D eigenvalue weighted by molar-refractivity contribution is 4.92. The molecule has 2 unspecified atom stereocenters. The maximum absolute atomic E-state index is 9.10. The van der Waals surface area contributed by atoms with Gasteiger partial charge in [0.05, 0.1) is 6.10 Å². The maximum Gasteiger partial charge on any atom is 0.155 e. The summed E-state index contributed by atoms with van der Waals surface area (Å²) in [5.74, 6) is 0.668. The van der Waals surface area contributed by atoms with Crippen LogP contribution in [0.15, 0.2) is 6.33 Å². The number of nitrogens with one attached hydrogen (secondary N) is 1. The summed E-state index contributed by atoms with van der Waals surface area (Å²) >= 11 is 0. The number of H-pyrrole nitrogens is 1. The Morgan fingerprint density at radius 1 is 1.60 bits per heavy atom. The van der Waals surface area contributed by atoms with Crippen LogP contribution in [0, 0.1) is 0 Å². The summed E-state index contributed by atoms with van der Waals surface area (Å²) in [5.41, 5.74) is 0. The first-order valence-electron chi connectivity index (χ1n) is 3.25. The lowest BCUT2D eigenvalue weighted by Crippen LogP contribution is -2.12. The molecule has 0 aliphatic heterocycles.